The Morgan fingerprint density at radius 2 is 1.79 bits per heavy atom. The number of rotatable bonds is 6. The van der Waals surface area contributed by atoms with E-state index in [1.54, 1.807) is 25.1 Å². The minimum Gasteiger partial charge on any atom is -0.490 e. The maximum Gasteiger partial charge on any atom is 0.325 e. The quantitative estimate of drug-likeness (QED) is 0.652. The van der Waals surface area contributed by atoms with Gasteiger partial charge in [0.2, 0.25) is 0 Å². The van der Waals surface area contributed by atoms with E-state index in [1.165, 1.54) is 0 Å². The van der Waals surface area contributed by atoms with Gasteiger partial charge in [-0.2, -0.15) is 0 Å². The first-order valence-electron chi connectivity index (χ1n) is 11.1. The molecule has 1 fully saturated rings. The lowest BCUT2D eigenvalue weighted by Gasteiger charge is -2.24. The number of imide groups is 1. The highest BCUT2D eigenvalue weighted by Gasteiger charge is 2.49. The molecule has 3 amide bonds. The van der Waals surface area contributed by atoms with Crippen molar-refractivity contribution in [2.45, 2.75) is 45.8 Å². The van der Waals surface area contributed by atoms with Crippen molar-refractivity contribution in [1.29, 1.82) is 0 Å². The van der Waals surface area contributed by atoms with Crippen LogP contribution in [0.15, 0.2) is 30.3 Å². The van der Waals surface area contributed by atoms with Crippen molar-refractivity contribution in [3.63, 3.8) is 0 Å². The van der Waals surface area contributed by atoms with Crippen LogP contribution in [0.2, 0.25) is 0 Å². The molecule has 8 nitrogen and oxygen atoms in total. The highest BCUT2D eigenvalue weighted by Crippen LogP contribution is 2.36. The number of hydrogen-bond donors (Lipinski definition) is 2. The molecule has 0 saturated carbocycles. The summed E-state index contributed by atoms with van der Waals surface area (Å²) in [6.07, 6.45) is -0.267. The molecule has 0 spiro atoms. The van der Waals surface area contributed by atoms with E-state index < -0.39 is 23.6 Å². The normalized spacial score (nSPS) is 20.9. The second-order valence-corrected chi connectivity index (χ2v) is 8.80. The first-order chi connectivity index (χ1) is 15.7. The molecule has 2 aromatic rings. The van der Waals surface area contributed by atoms with Crippen molar-refractivity contribution < 1.29 is 28.9 Å². The maximum absolute atomic E-state index is 13.3. The van der Waals surface area contributed by atoms with E-state index in [2.05, 4.69) is 5.32 Å². The van der Waals surface area contributed by atoms with Crippen LogP contribution < -0.4 is 19.5 Å². The van der Waals surface area contributed by atoms with Crippen molar-refractivity contribution in [3.05, 3.63) is 52.6 Å². The van der Waals surface area contributed by atoms with Gasteiger partial charge in [-0.05, 0) is 62.1 Å². The van der Waals surface area contributed by atoms with Gasteiger partial charge >= 0.3 is 6.03 Å². The first kappa shape index (κ1) is 22.9. The van der Waals surface area contributed by atoms with Gasteiger partial charge in [0.25, 0.3) is 5.91 Å². The molecule has 8 heteroatoms. The summed E-state index contributed by atoms with van der Waals surface area (Å²) in [6, 6.07) is 8.64. The van der Waals surface area contributed by atoms with Crippen LogP contribution in [0.3, 0.4) is 0 Å². The molecule has 2 N–H and O–H groups in total. The third-order valence-electron chi connectivity index (χ3n) is 6.29. The molecule has 2 aliphatic rings. The number of benzene rings is 2. The van der Waals surface area contributed by atoms with Crippen LogP contribution >= 0.6 is 0 Å². The Labute approximate surface area is 193 Å². The minimum absolute atomic E-state index is 0.0388. The lowest BCUT2D eigenvalue weighted by atomic mass is 9.91. The SMILES string of the molecule is Cc1ccc(C)c(OC[C@@H](O)CN2C(=O)N[C@@](C)(c3ccc4c(c3)OCCCO4)C2=O)c1C. The van der Waals surface area contributed by atoms with Crippen molar-refractivity contribution in [3.8, 4) is 17.2 Å². The summed E-state index contributed by atoms with van der Waals surface area (Å²) in [5.74, 6) is 1.43. The van der Waals surface area contributed by atoms with Crippen molar-refractivity contribution in [2.24, 2.45) is 0 Å². The Kier molecular flexibility index (Phi) is 6.21. The fourth-order valence-corrected chi connectivity index (χ4v) is 4.12. The largest absolute Gasteiger partial charge is 0.490 e. The number of fused-ring (bicyclic) bond motifs is 1. The van der Waals surface area contributed by atoms with E-state index in [-0.39, 0.29) is 13.2 Å². The summed E-state index contributed by atoms with van der Waals surface area (Å²) in [7, 11) is 0. The fourth-order valence-electron chi connectivity index (χ4n) is 4.12. The van der Waals surface area contributed by atoms with Crippen LogP contribution in [0.25, 0.3) is 0 Å². The Balaban J connectivity index is 1.46. The molecular formula is C25H30N2O6. The lowest BCUT2D eigenvalue weighted by Crippen LogP contribution is -2.42. The Morgan fingerprint density at radius 3 is 2.55 bits per heavy atom. The smallest absolute Gasteiger partial charge is 0.325 e. The number of nitrogens with zero attached hydrogens (tertiary/aromatic N) is 1. The molecule has 0 bridgehead atoms. The van der Waals surface area contributed by atoms with Crippen molar-refractivity contribution in [1.82, 2.24) is 10.2 Å². The molecule has 4 rings (SSSR count). The van der Waals surface area contributed by atoms with E-state index in [4.69, 9.17) is 14.2 Å². The Hall–Kier alpha value is -3.26. The predicted octanol–water partition coefficient (Wildman–Crippen LogP) is 2.98. The molecule has 0 aliphatic carbocycles. The maximum atomic E-state index is 13.3. The third-order valence-corrected chi connectivity index (χ3v) is 6.29. The van der Waals surface area contributed by atoms with Gasteiger partial charge < -0.3 is 24.6 Å². The average Bonchev–Trinajstić information content (AvgIpc) is 2.95. The van der Waals surface area contributed by atoms with Crippen LogP contribution in [0, 0.1) is 20.8 Å². The van der Waals surface area contributed by atoms with Crippen LogP contribution in [0.4, 0.5) is 4.79 Å². The van der Waals surface area contributed by atoms with Crippen molar-refractivity contribution in [2.75, 3.05) is 26.4 Å². The van der Waals surface area contributed by atoms with E-state index >= 15 is 0 Å². The molecule has 33 heavy (non-hydrogen) atoms. The highest BCUT2D eigenvalue weighted by molar-refractivity contribution is 6.07. The third kappa shape index (κ3) is 4.35. The van der Waals surface area contributed by atoms with Gasteiger partial charge in [-0.1, -0.05) is 18.2 Å². The molecule has 0 unspecified atom stereocenters. The Bertz CT molecular complexity index is 1080. The summed E-state index contributed by atoms with van der Waals surface area (Å²) in [5.41, 5.74) is 2.36. The second kappa shape index (κ2) is 8.94. The number of carbonyl (C=O) groups is 2. The van der Waals surface area contributed by atoms with Crippen LogP contribution in [-0.4, -0.2) is 54.4 Å². The number of carbonyl (C=O) groups excluding carboxylic acids is 2. The van der Waals surface area contributed by atoms with Crippen LogP contribution in [0.5, 0.6) is 17.2 Å². The van der Waals surface area contributed by atoms with Gasteiger partial charge in [0.15, 0.2) is 11.5 Å². The standard InChI is InChI=1S/C25H30N2O6/c1-15-6-7-16(2)22(17(15)3)33-14-19(28)13-27-23(29)25(4,26-24(27)30)18-8-9-20-21(12-18)32-11-5-10-31-20/h6-9,12,19,28H,5,10-11,13-14H2,1-4H3,(H,26,30)/t19-,25-/m0/s1. The fraction of sp³-hybridized carbons (Fsp3) is 0.440. The molecule has 2 aromatic carbocycles. The average molecular weight is 455 g/mol. The van der Waals surface area contributed by atoms with Gasteiger partial charge in [0.1, 0.15) is 24.0 Å². The monoisotopic (exact) mass is 454 g/mol. The molecule has 2 heterocycles. The topological polar surface area (TPSA) is 97.3 Å². The minimum atomic E-state index is -1.27. The number of hydrogen-bond acceptors (Lipinski definition) is 6. The van der Waals surface area contributed by atoms with Gasteiger partial charge in [-0.3, -0.25) is 9.69 Å². The molecule has 0 radical (unpaired) electrons. The Morgan fingerprint density at radius 1 is 1.09 bits per heavy atom. The summed E-state index contributed by atoms with van der Waals surface area (Å²) in [5, 5.41) is 13.3. The predicted molar refractivity (Wildman–Crippen MR) is 122 cm³/mol. The highest BCUT2D eigenvalue weighted by atomic mass is 16.5. The van der Waals surface area contributed by atoms with Crippen molar-refractivity contribution >= 4 is 11.9 Å². The summed E-state index contributed by atoms with van der Waals surface area (Å²) < 4.78 is 17.2. The number of aryl methyl sites for hydroxylation is 2. The van der Waals surface area contributed by atoms with E-state index in [0.29, 0.717) is 36.0 Å². The first-order valence-corrected chi connectivity index (χ1v) is 11.1. The number of urea groups is 1. The van der Waals surface area contributed by atoms with Crippen LogP contribution in [0.1, 0.15) is 35.6 Å². The van der Waals surface area contributed by atoms with E-state index in [9.17, 15) is 14.7 Å². The number of aliphatic hydroxyl groups is 1. The zero-order valence-corrected chi connectivity index (χ0v) is 19.4. The van der Waals surface area contributed by atoms with Gasteiger partial charge in [0, 0.05) is 6.42 Å². The van der Waals surface area contributed by atoms with Gasteiger partial charge in [-0.15, -0.1) is 0 Å². The molecule has 2 aliphatic heterocycles. The van der Waals surface area contributed by atoms with Gasteiger partial charge in [-0.25, -0.2) is 4.79 Å². The number of nitrogens with one attached hydrogen (secondary N) is 1. The number of aliphatic hydroxyl groups excluding tert-OH is 1. The molecule has 176 valence electrons. The van der Waals surface area contributed by atoms with E-state index in [1.807, 2.05) is 32.9 Å². The zero-order chi connectivity index (χ0) is 23.8. The lowest BCUT2D eigenvalue weighted by molar-refractivity contribution is -0.132. The molecule has 0 aromatic heterocycles. The molecule has 1 saturated heterocycles. The number of ether oxygens (including phenoxy) is 3. The van der Waals surface area contributed by atoms with Crippen LogP contribution in [-0.2, 0) is 10.3 Å². The number of β-amino-alcohol motifs (C(OH)–C–C–N with tert-alkyl or cyclic N) is 1. The summed E-state index contributed by atoms with van der Waals surface area (Å²) >= 11 is 0. The molecule has 2 atom stereocenters. The summed E-state index contributed by atoms with van der Waals surface area (Å²) in [6.45, 7) is 8.41. The number of amides is 3. The zero-order valence-electron chi connectivity index (χ0n) is 19.4. The molecular weight excluding hydrogens is 424 g/mol. The second-order valence-electron chi connectivity index (χ2n) is 8.80. The summed E-state index contributed by atoms with van der Waals surface area (Å²) in [4.78, 5) is 27.0. The van der Waals surface area contributed by atoms with Gasteiger partial charge in [0.05, 0.1) is 19.8 Å². The van der Waals surface area contributed by atoms with E-state index in [0.717, 1.165) is 28.0 Å².